The fraction of sp³-hybridized carbons (Fsp3) is 0.316. The van der Waals surface area contributed by atoms with E-state index < -0.39 is 18.6 Å². The van der Waals surface area contributed by atoms with Crippen molar-refractivity contribution < 1.29 is 32.5 Å². The summed E-state index contributed by atoms with van der Waals surface area (Å²) in [6.45, 7) is -0.673. The smallest absolute Gasteiger partial charge is 0.387 e. The normalized spacial score (nSPS) is 13.4. The average molecular weight is 394 g/mol. The lowest BCUT2D eigenvalue weighted by atomic mass is 10.1. The molecule has 3 N–H and O–H groups in total. The maximum atomic E-state index is 12.3. The number of carbonyl (C=O) groups is 1. The standard InChI is InChI=1S/C19H20F2N2O5/c1-11(18(22)24)23-8-13-5-6-15(17-16(13)26-10-27-17)25-9-12-3-2-4-14(7-12)28-19(20)21/h2-7,11,19,23H,8-10H2,1H3,(H2,22,24). The maximum absolute atomic E-state index is 12.3. The van der Waals surface area contributed by atoms with Gasteiger partial charge < -0.3 is 30.0 Å². The molecule has 7 nitrogen and oxygen atoms in total. The molecule has 1 atom stereocenters. The van der Waals surface area contributed by atoms with Crippen LogP contribution in [0.15, 0.2) is 36.4 Å². The Labute approximate surface area is 160 Å². The quantitative estimate of drug-likeness (QED) is 0.679. The van der Waals surface area contributed by atoms with Gasteiger partial charge in [0.25, 0.3) is 0 Å². The maximum Gasteiger partial charge on any atom is 0.387 e. The molecule has 0 aliphatic carbocycles. The first-order valence-electron chi connectivity index (χ1n) is 8.54. The van der Waals surface area contributed by atoms with Crippen LogP contribution in [0, 0.1) is 0 Å². The van der Waals surface area contributed by atoms with Crippen LogP contribution >= 0.6 is 0 Å². The molecule has 2 aromatic rings. The second kappa shape index (κ2) is 8.75. The highest BCUT2D eigenvalue weighted by Crippen LogP contribution is 2.43. The third-order valence-electron chi connectivity index (χ3n) is 4.11. The molecule has 1 heterocycles. The molecule has 1 aliphatic heterocycles. The van der Waals surface area contributed by atoms with Gasteiger partial charge in [-0.2, -0.15) is 8.78 Å². The number of benzene rings is 2. The first-order chi connectivity index (χ1) is 13.4. The minimum atomic E-state index is -2.89. The van der Waals surface area contributed by atoms with Crippen LogP contribution in [0.1, 0.15) is 18.1 Å². The number of hydrogen-bond acceptors (Lipinski definition) is 6. The van der Waals surface area contributed by atoms with E-state index in [0.29, 0.717) is 29.4 Å². The number of rotatable bonds is 9. The van der Waals surface area contributed by atoms with Crippen molar-refractivity contribution in [3.05, 3.63) is 47.5 Å². The Hall–Kier alpha value is -3.07. The van der Waals surface area contributed by atoms with Crippen LogP contribution in [0.2, 0.25) is 0 Å². The number of halogens is 2. The number of nitrogens with one attached hydrogen (secondary N) is 1. The van der Waals surface area contributed by atoms with Gasteiger partial charge in [-0.25, -0.2) is 0 Å². The molecule has 150 valence electrons. The molecule has 1 aliphatic rings. The number of amides is 1. The molecule has 9 heteroatoms. The van der Waals surface area contributed by atoms with Crippen LogP contribution in [-0.2, 0) is 17.9 Å². The third kappa shape index (κ3) is 4.80. The molecular weight excluding hydrogens is 374 g/mol. The predicted octanol–water partition coefficient (Wildman–Crippen LogP) is 2.56. The van der Waals surface area contributed by atoms with Crippen molar-refractivity contribution in [2.45, 2.75) is 32.7 Å². The largest absolute Gasteiger partial charge is 0.485 e. The highest BCUT2D eigenvalue weighted by Gasteiger charge is 2.23. The van der Waals surface area contributed by atoms with Crippen molar-refractivity contribution in [2.75, 3.05) is 6.79 Å². The van der Waals surface area contributed by atoms with Gasteiger partial charge in [-0.1, -0.05) is 18.2 Å². The Bertz CT molecular complexity index is 847. The topological polar surface area (TPSA) is 92.0 Å². The zero-order valence-corrected chi connectivity index (χ0v) is 15.1. The van der Waals surface area contributed by atoms with Crippen molar-refractivity contribution in [2.24, 2.45) is 5.73 Å². The van der Waals surface area contributed by atoms with Crippen LogP contribution in [0.4, 0.5) is 8.78 Å². The molecular formula is C19H20F2N2O5. The Morgan fingerprint density at radius 3 is 2.79 bits per heavy atom. The summed E-state index contributed by atoms with van der Waals surface area (Å²) in [5.74, 6) is 1.04. The van der Waals surface area contributed by atoms with Gasteiger partial charge in [-0.3, -0.25) is 4.79 Å². The van der Waals surface area contributed by atoms with Gasteiger partial charge in [0.1, 0.15) is 12.4 Å². The van der Waals surface area contributed by atoms with E-state index in [1.807, 2.05) is 0 Å². The van der Waals surface area contributed by atoms with Gasteiger partial charge in [0.2, 0.25) is 18.4 Å². The van der Waals surface area contributed by atoms with Crippen molar-refractivity contribution in [1.82, 2.24) is 5.32 Å². The lowest BCUT2D eigenvalue weighted by Gasteiger charge is -2.14. The summed E-state index contributed by atoms with van der Waals surface area (Å²) in [6.07, 6.45) is 0. The highest BCUT2D eigenvalue weighted by atomic mass is 19.3. The Morgan fingerprint density at radius 1 is 1.25 bits per heavy atom. The fourth-order valence-corrected chi connectivity index (χ4v) is 2.62. The van der Waals surface area contributed by atoms with Crippen LogP contribution in [0.5, 0.6) is 23.0 Å². The molecule has 0 spiro atoms. The van der Waals surface area contributed by atoms with Gasteiger partial charge in [0.15, 0.2) is 11.5 Å². The van der Waals surface area contributed by atoms with Crippen molar-refractivity contribution in [1.29, 1.82) is 0 Å². The summed E-state index contributed by atoms with van der Waals surface area (Å²) in [5, 5.41) is 3.00. The van der Waals surface area contributed by atoms with Gasteiger partial charge >= 0.3 is 6.61 Å². The minimum absolute atomic E-state index is 0.0474. The molecule has 0 saturated carbocycles. The van der Waals surface area contributed by atoms with Gasteiger partial charge in [0.05, 0.1) is 6.04 Å². The second-order valence-electron chi connectivity index (χ2n) is 6.11. The van der Waals surface area contributed by atoms with E-state index in [0.717, 1.165) is 5.56 Å². The summed E-state index contributed by atoms with van der Waals surface area (Å²) in [7, 11) is 0. The van der Waals surface area contributed by atoms with Crippen LogP contribution in [0.3, 0.4) is 0 Å². The Kier molecular flexibility index (Phi) is 6.15. The number of hydrogen-bond donors (Lipinski definition) is 2. The zero-order valence-electron chi connectivity index (χ0n) is 15.1. The number of primary amides is 1. The number of alkyl halides is 2. The molecule has 0 aromatic heterocycles. The van der Waals surface area contributed by atoms with E-state index in [9.17, 15) is 13.6 Å². The van der Waals surface area contributed by atoms with Crippen LogP contribution < -0.4 is 30.0 Å². The average Bonchev–Trinajstić information content (AvgIpc) is 3.14. The molecule has 0 saturated heterocycles. The SMILES string of the molecule is CC(NCc1ccc(OCc2cccc(OC(F)F)c2)c2c1OCO2)C(N)=O. The van der Waals surface area contributed by atoms with Crippen LogP contribution in [0.25, 0.3) is 0 Å². The van der Waals surface area contributed by atoms with E-state index in [4.69, 9.17) is 19.9 Å². The van der Waals surface area contributed by atoms with E-state index in [1.54, 1.807) is 31.2 Å². The Morgan fingerprint density at radius 2 is 2.04 bits per heavy atom. The second-order valence-corrected chi connectivity index (χ2v) is 6.11. The molecule has 0 fully saturated rings. The molecule has 2 aromatic carbocycles. The first kappa shape index (κ1) is 19.7. The molecule has 1 unspecified atom stereocenters. The summed E-state index contributed by atoms with van der Waals surface area (Å²) < 4.78 is 45.8. The van der Waals surface area contributed by atoms with Crippen LogP contribution in [-0.4, -0.2) is 25.4 Å². The van der Waals surface area contributed by atoms with Crippen molar-refractivity contribution in [3.8, 4) is 23.0 Å². The monoisotopic (exact) mass is 394 g/mol. The molecule has 28 heavy (non-hydrogen) atoms. The predicted molar refractivity (Wildman–Crippen MR) is 95.5 cm³/mol. The van der Waals surface area contributed by atoms with E-state index in [1.165, 1.54) is 12.1 Å². The number of carbonyl (C=O) groups excluding carboxylic acids is 1. The highest BCUT2D eigenvalue weighted by molar-refractivity contribution is 5.79. The Balaban J connectivity index is 1.68. The summed E-state index contributed by atoms with van der Waals surface area (Å²) in [4.78, 5) is 11.1. The lowest BCUT2D eigenvalue weighted by Crippen LogP contribution is -2.38. The van der Waals surface area contributed by atoms with Crippen molar-refractivity contribution >= 4 is 5.91 Å². The molecule has 3 rings (SSSR count). The number of nitrogens with two attached hydrogens (primary N) is 1. The van der Waals surface area contributed by atoms with Gasteiger partial charge in [0, 0.05) is 12.1 Å². The molecule has 0 bridgehead atoms. The van der Waals surface area contributed by atoms with Gasteiger partial charge in [-0.05, 0) is 30.7 Å². The summed E-state index contributed by atoms with van der Waals surface area (Å²) in [6, 6.07) is 9.29. The molecule has 0 radical (unpaired) electrons. The van der Waals surface area contributed by atoms with E-state index in [2.05, 4.69) is 10.1 Å². The van der Waals surface area contributed by atoms with Crippen molar-refractivity contribution in [3.63, 3.8) is 0 Å². The van der Waals surface area contributed by atoms with E-state index in [-0.39, 0.29) is 19.1 Å². The third-order valence-corrected chi connectivity index (χ3v) is 4.11. The first-order valence-corrected chi connectivity index (χ1v) is 8.54. The van der Waals surface area contributed by atoms with Gasteiger partial charge in [-0.15, -0.1) is 0 Å². The van der Waals surface area contributed by atoms with E-state index >= 15 is 0 Å². The molecule has 1 amide bonds. The summed E-state index contributed by atoms with van der Waals surface area (Å²) >= 11 is 0. The summed E-state index contributed by atoms with van der Waals surface area (Å²) in [5.41, 5.74) is 6.69. The number of fused-ring (bicyclic) bond motifs is 1. The number of ether oxygens (including phenoxy) is 4. The lowest BCUT2D eigenvalue weighted by molar-refractivity contribution is -0.119. The minimum Gasteiger partial charge on any atom is -0.485 e. The zero-order chi connectivity index (χ0) is 20.1. The fourth-order valence-electron chi connectivity index (χ4n) is 2.62.